The summed E-state index contributed by atoms with van der Waals surface area (Å²) in [7, 11) is 4.85. The summed E-state index contributed by atoms with van der Waals surface area (Å²) in [6.45, 7) is 1.92. The van der Waals surface area contributed by atoms with E-state index < -0.39 is 61.4 Å². The molecule has 0 unspecified atom stereocenters. The number of rotatable bonds is 22. The summed E-state index contributed by atoms with van der Waals surface area (Å²) in [5.74, 6) is 0. The molecule has 11 heteroatoms. The van der Waals surface area contributed by atoms with Gasteiger partial charge in [0.05, 0.1) is 46.2 Å². The molecular formula is C50H58O11. The molecule has 2 aliphatic rings. The quantitative estimate of drug-likeness (QED) is 0.0687. The molecule has 2 fully saturated rings. The molecule has 0 saturated carbocycles. The van der Waals surface area contributed by atoms with Crippen LogP contribution in [0.25, 0.3) is 0 Å². The SMILES string of the molecule is COC[C@H]1O[C@H](OC)[C@H](OCc2ccccc2)[C@@H](OCc2ccccc2)[C@@H]1O[C@@H]1O[C@H](COCc2ccccc2)[C@@H](OCc2ccccc2)[C@H](OCc2ccccc2)[C@@H]1OC. The van der Waals surface area contributed by atoms with E-state index in [2.05, 4.69) is 0 Å². The molecule has 0 spiro atoms. The van der Waals surface area contributed by atoms with E-state index in [0.717, 1.165) is 27.8 Å². The lowest BCUT2D eigenvalue weighted by atomic mass is 9.95. The summed E-state index contributed by atoms with van der Waals surface area (Å²) in [6.07, 6.45) is -7.37. The molecular weight excluding hydrogens is 777 g/mol. The summed E-state index contributed by atoms with van der Waals surface area (Å²) >= 11 is 0. The van der Waals surface area contributed by atoms with Crippen LogP contribution in [0, 0.1) is 0 Å². The van der Waals surface area contributed by atoms with Crippen LogP contribution in [-0.4, -0.2) is 96.0 Å². The third-order valence-corrected chi connectivity index (χ3v) is 10.8. The Bertz CT molecular complexity index is 1920. The Morgan fingerprint density at radius 3 is 1.16 bits per heavy atom. The van der Waals surface area contributed by atoms with Crippen LogP contribution in [0.1, 0.15) is 27.8 Å². The summed E-state index contributed by atoms with van der Waals surface area (Å²) in [5.41, 5.74) is 5.02. The van der Waals surface area contributed by atoms with Crippen molar-refractivity contribution in [2.24, 2.45) is 0 Å². The number of methoxy groups -OCH3 is 3. The van der Waals surface area contributed by atoms with Crippen LogP contribution >= 0.6 is 0 Å². The molecule has 7 rings (SSSR count). The Morgan fingerprint density at radius 2 is 0.738 bits per heavy atom. The molecule has 2 heterocycles. The van der Waals surface area contributed by atoms with Gasteiger partial charge in [0.1, 0.15) is 48.8 Å². The van der Waals surface area contributed by atoms with E-state index >= 15 is 0 Å². The van der Waals surface area contributed by atoms with E-state index in [9.17, 15) is 0 Å². The highest BCUT2D eigenvalue weighted by atomic mass is 16.8. The predicted molar refractivity (Wildman–Crippen MR) is 228 cm³/mol. The van der Waals surface area contributed by atoms with Crippen molar-refractivity contribution in [2.75, 3.05) is 34.5 Å². The van der Waals surface area contributed by atoms with E-state index in [1.807, 2.05) is 152 Å². The van der Waals surface area contributed by atoms with Gasteiger partial charge in [0.25, 0.3) is 0 Å². The van der Waals surface area contributed by atoms with Gasteiger partial charge in [0.15, 0.2) is 12.6 Å². The van der Waals surface area contributed by atoms with Crippen molar-refractivity contribution in [3.63, 3.8) is 0 Å². The van der Waals surface area contributed by atoms with Crippen LogP contribution in [0.2, 0.25) is 0 Å². The third kappa shape index (κ3) is 12.6. The van der Waals surface area contributed by atoms with Gasteiger partial charge in [-0.05, 0) is 27.8 Å². The molecule has 0 amide bonds. The average Bonchev–Trinajstić information content (AvgIpc) is 3.31. The number of ether oxygens (including phenoxy) is 11. The zero-order chi connectivity index (χ0) is 42.1. The minimum Gasteiger partial charge on any atom is -0.382 e. The van der Waals surface area contributed by atoms with Gasteiger partial charge < -0.3 is 52.1 Å². The molecule has 0 N–H and O–H groups in total. The summed E-state index contributed by atoms with van der Waals surface area (Å²) < 4.78 is 72.2. The smallest absolute Gasteiger partial charge is 0.187 e. The number of benzene rings is 5. The van der Waals surface area contributed by atoms with Gasteiger partial charge in [0.2, 0.25) is 0 Å². The molecule has 0 aromatic heterocycles. The highest BCUT2D eigenvalue weighted by Gasteiger charge is 2.54. The second-order valence-electron chi connectivity index (χ2n) is 15.1. The number of hydrogen-bond acceptors (Lipinski definition) is 11. The fraction of sp³-hybridized carbons (Fsp3) is 0.400. The van der Waals surface area contributed by atoms with Gasteiger partial charge in [-0.1, -0.05) is 152 Å². The Balaban J connectivity index is 1.22. The van der Waals surface area contributed by atoms with Crippen molar-refractivity contribution in [1.82, 2.24) is 0 Å². The topological polar surface area (TPSA) is 102 Å². The van der Waals surface area contributed by atoms with Crippen molar-refractivity contribution in [2.45, 2.75) is 94.4 Å². The normalized spacial score (nSPS) is 26.5. The van der Waals surface area contributed by atoms with Crippen molar-refractivity contribution >= 4 is 0 Å². The molecule has 10 atom stereocenters. The van der Waals surface area contributed by atoms with Crippen LogP contribution in [0.3, 0.4) is 0 Å². The second kappa shape index (κ2) is 23.8. The first kappa shape index (κ1) is 44.7. The summed E-state index contributed by atoms with van der Waals surface area (Å²) in [6, 6.07) is 50.0. The third-order valence-electron chi connectivity index (χ3n) is 10.8. The first-order chi connectivity index (χ1) is 30.1. The average molecular weight is 835 g/mol. The molecule has 5 aromatic carbocycles. The van der Waals surface area contributed by atoms with Crippen LogP contribution in [0.15, 0.2) is 152 Å². The van der Waals surface area contributed by atoms with Crippen molar-refractivity contribution in [3.05, 3.63) is 179 Å². The lowest BCUT2D eigenvalue weighted by Gasteiger charge is -2.50. The Hall–Kier alpha value is -4.34. The van der Waals surface area contributed by atoms with Crippen molar-refractivity contribution in [1.29, 1.82) is 0 Å². The van der Waals surface area contributed by atoms with Crippen molar-refractivity contribution < 1.29 is 52.1 Å². The maximum Gasteiger partial charge on any atom is 0.187 e. The van der Waals surface area contributed by atoms with Gasteiger partial charge in [-0.15, -0.1) is 0 Å². The molecule has 0 radical (unpaired) electrons. The van der Waals surface area contributed by atoms with E-state index in [1.54, 1.807) is 21.3 Å². The molecule has 0 aliphatic carbocycles. The van der Waals surface area contributed by atoms with Crippen LogP contribution in [0.4, 0.5) is 0 Å². The van der Waals surface area contributed by atoms with Gasteiger partial charge in [-0.3, -0.25) is 0 Å². The lowest BCUT2D eigenvalue weighted by Crippen LogP contribution is -2.66. The first-order valence-electron chi connectivity index (χ1n) is 20.9. The van der Waals surface area contributed by atoms with E-state index in [0.29, 0.717) is 26.4 Å². The second-order valence-corrected chi connectivity index (χ2v) is 15.1. The molecule has 2 saturated heterocycles. The zero-order valence-corrected chi connectivity index (χ0v) is 35.1. The Kier molecular flexibility index (Phi) is 17.4. The summed E-state index contributed by atoms with van der Waals surface area (Å²) in [5, 5.41) is 0. The zero-order valence-electron chi connectivity index (χ0n) is 35.1. The van der Waals surface area contributed by atoms with Crippen LogP contribution in [-0.2, 0) is 85.1 Å². The fourth-order valence-corrected chi connectivity index (χ4v) is 7.75. The van der Waals surface area contributed by atoms with Crippen LogP contribution < -0.4 is 0 Å². The van der Waals surface area contributed by atoms with E-state index in [4.69, 9.17) is 52.1 Å². The highest BCUT2D eigenvalue weighted by molar-refractivity contribution is 5.17. The van der Waals surface area contributed by atoms with Crippen molar-refractivity contribution in [3.8, 4) is 0 Å². The van der Waals surface area contributed by atoms with Gasteiger partial charge in [-0.2, -0.15) is 0 Å². The molecule has 61 heavy (non-hydrogen) atoms. The molecule has 11 nitrogen and oxygen atoms in total. The monoisotopic (exact) mass is 834 g/mol. The van der Waals surface area contributed by atoms with E-state index in [-0.39, 0.29) is 19.8 Å². The maximum absolute atomic E-state index is 7.16. The fourth-order valence-electron chi connectivity index (χ4n) is 7.75. The van der Waals surface area contributed by atoms with Gasteiger partial charge in [-0.25, -0.2) is 0 Å². The lowest BCUT2D eigenvalue weighted by molar-refractivity contribution is -0.373. The Morgan fingerprint density at radius 1 is 0.361 bits per heavy atom. The first-order valence-corrected chi connectivity index (χ1v) is 20.9. The largest absolute Gasteiger partial charge is 0.382 e. The molecule has 324 valence electrons. The Labute approximate surface area is 359 Å². The molecule has 5 aromatic rings. The molecule has 2 aliphatic heterocycles. The van der Waals surface area contributed by atoms with Gasteiger partial charge >= 0.3 is 0 Å². The highest BCUT2D eigenvalue weighted by Crippen LogP contribution is 2.36. The van der Waals surface area contributed by atoms with E-state index in [1.165, 1.54) is 0 Å². The summed E-state index contributed by atoms with van der Waals surface area (Å²) in [4.78, 5) is 0. The number of hydrogen-bond donors (Lipinski definition) is 0. The van der Waals surface area contributed by atoms with Crippen LogP contribution in [0.5, 0.6) is 0 Å². The predicted octanol–water partition coefficient (Wildman–Crippen LogP) is 7.69. The molecule has 0 bridgehead atoms. The standard InChI is InChI=1S/C50H58O11/c1-51-34-41-44(46(57-32-39-25-15-7-16-26-39)48(49(53-3)59-41)58-33-40-27-17-8-18-28-40)61-50-47(52-2)45(56-31-38-23-13-6-14-24-38)43(55-30-37-21-11-5-12-22-37)42(60-50)35-54-29-36-19-9-4-10-20-36/h4-28,41-50H,29-35H2,1-3H3/t41-,42-,43-,44-,45+,46+,47+,48-,49+,50+/m1/s1. The maximum atomic E-state index is 7.16. The minimum atomic E-state index is -1.00. The minimum absolute atomic E-state index is 0.172. The van der Waals surface area contributed by atoms with Gasteiger partial charge in [0, 0.05) is 21.3 Å².